The Morgan fingerprint density at radius 1 is 1.11 bits per heavy atom. The largest absolute Gasteiger partial charge is 0.497 e. The van der Waals surface area contributed by atoms with Gasteiger partial charge in [0, 0.05) is 23.1 Å². The zero-order chi connectivity index (χ0) is 19.2. The lowest BCUT2D eigenvalue weighted by molar-refractivity contribution is -0.142. The van der Waals surface area contributed by atoms with E-state index in [0.717, 1.165) is 47.3 Å². The number of carbonyl (C=O) groups excluding carboxylic acids is 1. The molecule has 0 aliphatic carbocycles. The van der Waals surface area contributed by atoms with Crippen molar-refractivity contribution in [3.63, 3.8) is 0 Å². The van der Waals surface area contributed by atoms with Crippen molar-refractivity contribution in [3.8, 4) is 5.75 Å². The number of rotatable bonds is 8. The van der Waals surface area contributed by atoms with Crippen molar-refractivity contribution in [2.24, 2.45) is 0 Å². The maximum absolute atomic E-state index is 12.1. The van der Waals surface area contributed by atoms with Crippen LogP contribution in [0.25, 0.3) is 10.9 Å². The van der Waals surface area contributed by atoms with E-state index >= 15 is 0 Å². The molecule has 3 rings (SSSR count). The van der Waals surface area contributed by atoms with Crippen LogP contribution in [-0.2, 0) is 28.9 Å². The van der Waals surface area contributed by atoms with Gasteiger partial charge >= 0.3 is 5.97 Å². The fourth-order valence-electron chi connectivity index (χ4n) is 3.61. The van der Waals surface area contributed by atoms with Crippen molar-refractivity contribution in [2.45, 2.75) is 39.7 Å². The number of aromatic nitrogens is 1. The Morgan fingerprint density at radius 2 is 1.89 bits per heavy atom. The lowest BCUT2D eigenvalue weighted by atomic mass is 10.1. The highest BCUT2D eigenvalue weighted by Crippen LogP contribution is 2.30. The average Bonchev–Trinajstić information content (AvgIpc) is 2.94. The first-order chi connectivity index (χ1) is 13.1. The van der Waals surface area contributed by atoms with Crippen LogP contribution in [0.2, 0.25) is 0 Å². The average molecular weight is 365 g/mol. The van der Waals surface area contributed by atoms with Crippen LogP contribution in [0.4, 0.5) is 0 Å². The summed E-state index contributed by atoms with van der Waals surface area (Å²) < 4.78 is 12.9. The van der Waals surface area contributed by atoms with Gasteiger partial charge < -0.3 is 14.0 Å². The molecule has 27 heavy (non-hydrogen) atoms. The molecule has 0 bridgehead atoms. The molecule has 0 radical (unpaired) electrons. The summed E-state index contributed by atoms with van der Waals surface area (Å²) in [6.45, 7) is 5.23. The molecule has 0 unspecified atom stereocenters. The van der Waals surface area contributed by atoms with Gasteiger partial charge in [-0.25, -0.2) is 0 Å². The number of methoxy groups -OCH3 is 1. The number of ether oxygens (including phenoxy) is 2. The van der Waals surface area contributed by atoms with Gasteiger partial charge in [0.25, 0.3) is 0 Å². The van der Waals surface area contributed by atoms with Crippen LogP contribution >= 0.6 is 0 Å². The van der Waals surface area contributed by atoms with E-state index in [1.165, 1.54) is 5.56 Å². The molecule has 0 atom stereocenters. The van der Waals surface area contributed by atoms with Gasteiger partial charge in [-0.15, -0.1) is 0 Å². The molecule has 3 aromatic rings. The smallest absolute Gasteiger partial charge is 0.310 e. The molecule has 1 heterocycles. The molecule has 142 valence electrons. The van der Waals surface area contributed by atoms with E-state index in [9.17, 15) is 4.79 Å². The van der Waals surface area contributed by atoms with Gasteiger partial charge in [-0.1, -0.05) is 30.3 Å². The van der Waals surface area contributed by atoms with E-state index in [2.05, 4.69) is 41.8 Å². The molecular formula is C23H27NO3. The minimum Gasteiger partial charge on any atom is -0.497 e. The predicted molar refractivity (Wildman–Crippen MR) is 108 cm³/mol. The van der Waals surface area contributed by atoms with E-state index in [4.69, 9.17) is 9.47 Å². The molecule has 0 fully saturated rings. The molecule has 4 nitrogen and oxygen atoms in total. The highest BCUT2D eigenvalue weighted by atomic mass is 16.5. The van der Waals surface area contributed by atoms with Gasteiger partial charge in [0.15, 0.2) is 0 Å². The van der Waals surface area contributed by atoms with Gasteiger partial charge in [-0.05, 0) is 56.0 Å². The molecule has 2 aromatic carbocycles. The highest BCUT2D eigenvalue weighted by Gasteiger charge is 2.18. The number of nitrogens with zero attached hydrogens (tertiary/aromatic N) is 1. The van der Waals surface area contributed by atoms with Crippen molar-refractivity contribution in [2.75, 3.05) is 13.7 Å². The number of hydrogen-bond acceptors (Lipinski definition) is 3. The second kappa shape index (κ2) is 8.76. The molecule has 0 spiro atoms. The third kappa shape index (κ3) is 4.33. The molecule has 0 saturated heterocycles. The monoisotopic (exact) mass is 365 g/mol. The first-order valence-electron chi connectivity index (χ1n) is 9.49. The normalized spacial score (nSPS) is 10.9. The third-order valence-electron chi connectivity index (χ3n) is 4.98. The van der Waals surface area contributed by atoms with Crippen LogP contribution in [0.15, 0.2) is 48.5 Å². The van der Waals surface area contributed by atoms with Crippen molar-refractivity contribution >= 4 is 16.9 Å². The van der Waals surface area contributed by atoms with Crippen molar-refractivity contribution in [1.29, 1.82) is 0 Å². The van der Waals surface area contributed by atoms with Crippen molar-refractivity contribution in [3.05, 3.63) is 65.4 Å². The standard InChI is InChI=1S/C23H27NO3/c1-4-27-23(25)16-20-17(2)24(14-8-11-18-9-6-5-7-10-18)22-13-12-19(26-3)15-21(20)22/h5-7,9-10,12-13,15H,4,8,11,14,16H2,1-3H3. The molecule has 4 heteroatoms. The minimum atomic E-state index is -0.188. The fraction of sp³-hybridized carbons (Fsp3) is 0.348. The summed E-state index contributed by atoms with van der Waals surface area (Å²) in [5.41, 5.74) is 4.64. The number of carbonyl (C=O) groups is 1. The Kier molecular flexibility index (Phi) is 6.17. The number of aryl methyl sites for hydroxylation is 2. The summed E-state index contributed by atoms with van der Waals surface area (Å²) in [6.07, 6.45) is 2.36. The van der Waals surface area contributed by atoms with Crippen LogP contribution in [-0.4, -0.2) is 24.3 Å². The molecule has 0 amide bonds. The number of hydrogen-bond donors (Lipinski definition) is 0. The summed E-state index contributed by atoms with van der Waals surface area (Å²) in [6, 6.07) is 16.6. The molecule has 1 aromatic heterocycles. The van der Waals surface area contributed by atoms with Gasteiger partial charge in [0.05, 0.1) is 20.1 Å². The molecule has 0 N–H and O–H groups in total. The third-order valence-corrected chi connectivity index (χ3v) is 4.98. The van der Waals surface area contributed by atoms with Crippen molar-refractivity contribution < 1.29 is 14.3 Å². The number of fused-ring (bicyclic) bond motifs is 1. The van der Waals surface area contributed by atoms with Gasteiger partial charge in [-0.3, -0.25) is 4.79 Å². The van der Waals surface area contributed by atoms with Gasteiger partial charge in [0.2, 0.25) is 0 Å². The Balaban J connectivity index is 1.89. The summed E-state index contributed by atoms with van der Waals surface area (Å²) in [4.78, 5) is 12.1. The highest BCUT2D eigenvalue weighted by molar-refractivity contribution is 5.90. The predicted octanol–water partition coefficient (Wildman–Crippen LogP) is 4.70. The lowest BCUT2D eigenvalue weighted by Gasteiger charge is -2.09. The van der Waals surface area contributed by atoms with E-state index in [1.54, 1.807) is 7.11 Å². The van der Waals surface area contributed by atoms with Gasteiger partial charge in [0.1, 0.15) is 5.75 Å². The minimum absolute atomic E-state index is 0.188. The van der Waals surface area contributed by atoms with Crippen LogP contribution in [0.5, 0.6) is 5.75 Å². The molecule has 0 saturated carbocycles. The van der Waals surface area contributed by atoms with E-state index in [-0.39, 0.29) is 12.4 Å². The van der Waals surface area contributed by atoms with Crippen LogP contribution in [0.3, 0.4) is 0 Å². The quantitative estimate of drug-likeness (QED) is 0.544. The molecule has 0 aliphatic heterocycles. The topological polar surface area (TPSA) is 40.5 Å². The van der Waals surface area contributed by atoms with Gasteiger partial charge in [-0.2, -0.15) is 0 Å². The second-order valence-electron chi connectivity index (χ2n) is 6.67. The molecular weight excluding hydrogens is 338 g/mol. The van der Waals surface area contributed by atoms with Crippen LogP contribution < -0.4 is 4.74 Å². The summed E-state index contributed by atoms with van der Waals surface area (Å²) in [5, 5.41) is 1.07. The van der Waals surface area contributed by atoms with Crippen molar-refractivity contribution in [1.82, 2.24) is 4.57 Å². The zero-order valence-electron chi connectivity index (χ0n) is 16.3. The first kappa shape index (κ1) is 19.0. The number of benzene rings is 2. The Morgan fingerprint density at radius 3 is 2.59 bits per heavy atom. The Bertz CT molecular complexity index is 912. The maximum Gasteiger partial charge on any atom is 0.310 e. The Labute approximate surface area is 160 Å². The number of esters is 1. The fourth-order valence-corrected chi connectivity index (χ4v) is 3.61. The van der Waals surface area contributed by atoms with Crippen LogP contribution in [0, 0.1) is 6.92 Å². The SMILES string of the molecule is CCOC(=O)Cc1c(C)n(CCCc2ccccc2)c2ccc(OC)cc12. The van der Waals surface area contributed by atoms with E-state index in [0.29, 0.717) is 6.61 Å². The maximum atomic E-state index is 12.1. The second-order valence-corrected chi connectivity index (χ2v) is 6.67. The summed E-state index contributed by atoms with van der Waals surface area (Å²) in [7, 11) is 1.66. The summed E-state index contributed by atoms with van der Waals surface area (Å²) >= 11 is 0. The summed E-state index contributed by atoms with van der Waals surface area (Å²) in [5.74, 6) is 0.612. The van der Waals surface area contributed by atoms with E-state index in [1.807, 2.05) is 25.1 Å². The Hall–Kier alpha value is -2.75. The molecule has 0 aliphatic rings. The lowest BCUT2D eigenvalue weighted by Crippen LogP contribution is -2.09. The first-order valence-corrected chi connectivity index (χ1v) is 9.49. The van der Waals surface area contributed by atoms with E-state index < -0.39 is 0 Å². The van der Waals surface area contributed by atoms with Crippen LogP contribution in [0.1, 0.15) is 30.2 Å². The zero-order valence-corrected chi connectivity index (χ0v) is 16.3.